The molecule has 0 fully saturated rings. The second kappa shape index (κ2) is 4.68. The van der Waals surface area contributed by atoms with E-state index in [1.54, 1.807) is 6.92 Å². The van der Waals surface area contributed by atoms with Crippen LogP contribution >= 0.6 is 0 Å². The van der Waals surface area contributed by atoms with Gasteiger partial charge in [-0.05, 0) is 0 Å². The summed E-state index contributed by atoms with van der Waals surface area (Å²) in [6, 6.07) is 0. The van der Waals surface area contributed by atoms with Gasteiger partial charge in [0.1, 0.15) is 0 Å². The van der Waals surface area contributed by atoms with Gasteiger partial charge in [0.05, 0.1) is 6.54 Å². The fourth-order valence-corrected chi connectivity index (χ4v) is 0.512. The second-order valence-electron chi connectivity index (χ2n) is 2.40. The molecule has 0 aliphatic rings. The summed E-state index contributed by atoms with van der Waals surface area (Å²) in [6.45, 7) is 2.15. The van der Waals surface area contributed by atoms with Gasteiger partial charge in [0, 0.05) is 12.5 Å². The number of amides is 2. The van der Waals surface area contributed by atoms with E-state index in [0.717, 1.165) is 0 Å². The first kappa shape index (κ1) is 9.90. The van der Waals surface area contributed by atoms with Crippen molar-refractivity contribution in [2.45, 2.75) is 6.92 Å². The lowest BCUT2D eigenvalue weighted by Crippen LogP contribution is -2.35. The average molecular weight is 159 g/mol. The zero-order valence-electron chi connectivity index (χ0n) is 6.46. The highest BCUT2D eigenvalue weighted by molar-refractivity contribution is 5.77. The van der Waals surface area contributed by atoms with Crippen molar-refractivity contribution in [3.8, 4) is 0 Å². The first-order valence-corrected chi connectivity index (χ1v) is 3.32. The molecule has 5 heteroatoms. The molecule has 0 radical (unpaired) electrons. The molecule has 0 aromatic carbocycles. The van der Waals surface area contributed by atoms with Crippen LogP contribution in [0.4, 0.5) is 0 Å². The second-order valence-corrected chi connectivity index (χ2v) is 2.40. The highest BCUT2D eigenvalue weighted by atomic mass is 16.1. The summed E-state index contributed by atoms with van der Waals surface area (Å²) >= 11 is 0. The van der Waals surface area contributed by atoms with Gasteiger partial charge in [-0.2, -0.15) is 0 Å². The Morgan fingerprint density at radius 2 is 2.00 bits per heavy atom. The molecule has 0 heterocycles. The maximum atomic E-state index is 10.4. The van der Waals surface area contributed by atoms with E-state index in [1.807, 2.05) is 0 Å². The van der Waals surface area contributed by atoms with Crippen molar-refractivity contribution in [2.24, 2.45) is 17.4 Å². The van der Waals surface area contributed by atoms with Gasteiger partial charge >= 0.3 is 0 Å². The molecule has 1 unspecified atom stereocenters. The number of carbonyl (C=O) groups excluding carboxylic acids is 2. The lowest BCUT2D eigenvalue weighted by molar-refractivity contribution is -0.122. The highest BCUT2D eigenvalue weighted by Gasteiger charge is 2.07. The number of hydrogen-bond donors (Lipinski definition) is 3. The number of primary amides is 2. The van der Waals surface area contributed by atoms with Crippen molar-refractivity contribution in [1.29, 1.82) is 0 Å². The molecule has 0 aromatic heterocycles. The van der Waals surface area contributed by atoms with Crippen LogP contribution in [0.5, 0.6) is 0 Å². The SMILES string of the molecule is CC(CNCC(N)=O)C(N)=O. The van der Waals surface area contributed by atoms with Gasteiger partial charge in [-0.1, -0.05) is 6.92 Å². The number of rotatable bonds is 5. The maximum absolute atomic E-state index is 10.4. The van der Waals surface area contributed by atoms with Crippen molar-refractivity contribution in [1.82, 2.24) is 5.32 Å². The van der Waals surface area contributed by atoms with Crippen LogP contribution in [0.3, 0.4) is 0 Å². The molecule has 0 rings (SSSR count). The van der Waals surface area contributed by atoms with Crippen LogP contribution in [0.15, 0.2) is 0 Å². The Kier molecular flexibility index (Phi) is 4.21. The van der Waals surface area contributed by atoms with Gasteiger partial charge < -0.3 is 16.8 Å². The zero-order chi connectivity index (χ0) is 8.85. The van der Waals surface area contributed by atoms with Gasteiger partial charge in [0.25, 0.3) is 0 Å². The smallest absolute Gasteiger partial charge is 0.231 e. The minimum Gasteiger partial charge on any atom is -0.369 e. The van der Waals surface area contributed by atoms with Gasteiger partial charge in [-0.3, -0.25) is 9.59 Å². The van der Waals surface area contributed by atoms with Crippen LogP contribution < -0.4 is 16.8 Å². The first-order chi connectivity index (χ1) is 5.04. The lowest BCUT2D eigenvalue weighted by Gasteiger charge is -2.06. The summed E-state index contributed by atoms with van der Waals surface area (Å²) in [7, 11) is 0. The molecule has 5 N–H and O–H groups in total. The molecule has 0 spiro atoms. The van der Waals surface area contributed by atoms with E-state index in [4.69, 9.17) is 11.5 Å². The number of hydrogen-bond acceptors (Lipinski definition) is 3. The van der Waals surface area contributed by atoms with Gasteiger partial charge in [-0.25, -0.2) is 0 Å². The average Bonchev–Trinajstić information content (AvgIpc) is 1.86. The van der Waals surface area contributed by atoms with E-state index in [-0.39, 0.29) is 18.4 Å². The molecule has 0 aliphatic heterocycles. The largest absolute Gasteiger partial charge is 0.369 e. The Bertz CT molecular complexity index is 158. The molecule has 0 saturated heterocycles. The molecule has 0 aromatic rings. The Morgan fingerprint density at radius 1 is 1.45 bits per heavy atom. The summed E-state index contributed by atoms with van der Waals surface area (Å²) in [5.41, 5.74) is 9.79. The van der Waals surface area contributed by atoms with Crippen LogP contribution in [-0.2, 0) is 9.59 Å². The van der Waals surface area contributed by atoms with E-state index in [1.165, 1.54) is 0 Å². The molecular formula is C6H13N3O2. The summed E-state index contributed by atoms with van der Waals surface area (Å²) in [5, 5.41) is 2.69. The summed E-state index contributed by atoms with van der Waals surface area (Å²) < 4.78 is 0. The molecule has 11 heavy (non-hydrogen) atoms. The van der Waals surface area contributed by atoms with Crippen LogP contribution in [0.2, 0.25) is 0 Å². The van der Waals surface area contributed by atoms with Crippen molar-refractivity contribution in [3.05, 3.63) is 0 Å². The van der Waals surface area contributed by atoms with E-state index in [9.17, 15) is 9.59 Å². The van der Waals surface area contributed by atoms with Gasteiger partial charge in [0.2, 0.25) is 11.8 Å². The Balaban J connectivity index is 3.39. The van der Waals surface area contributed by atoms with Crippen LogP contribution in [0.25, 0.3) is 0 Å². The summed E-state index contributed by atoms with van der Waals surface area (Å²) in [6.07, 6.45) is 0. The monoisotopic (exact) mass is 159 g/mol. The van der Waals surface area contributed by atoms with Gasteiger partial charge in [0.15, 0.2) is 0 Å². The Hall–Kier alpha value is -1.10. The van der Waals surface area contributed by atoms with E-state index < -0.39 is 5.91 Å². The van der Waals surface area contributed by atoms with Crippen LogP contribution in [0.1, 0.15) is 6.92 Å². The molecule has 0 saturated carbocycles. The third kappa shape index (κ3) is 5.35. The minimum absolute atomic E-state index is 0.0810. The maximum Gasteiger partial charge on any atom is 0.231 e. The van der Waals surface area contributed by atoms with Gasteiger partial charge in [-0.15, -0.1) is 0 Å². The molecule has 2 amide bonds. The normalized spacial score (nSPS) is 12.5. The fraction of sp³-hybridized carbons (Fsp3) is 0.667. The molecule has 1 atom stereocenters. The summed E-state index contributed by atoms with van der Waals surface area (Å²) in [5.74, 6) is -1.10. The van der Waals surface area contributed by atoms with Crippen molar-refractivity contribution in [2.75, 3.05) is 13.1 Å². The molecular weight excluding hydrogens is 146 g/mol. The molecule has 0 aliphatic carbocycles. The lowest BCUT2D eigenvalue weighted by atomic mass is 10.2. The first-order valence-electron chi connectivity index (χ1n) is 3.32. The van der Waals surface area contributed by atoms with E-state index in [0.29, 0.717) is 6.54 Å². The standard InChI is InChI=1S/C6H13N3O2/c1-4(6(8)11)2-9-3-5(7)10/h4,9H,2-3H2,1H3,(H2,7,10)(H2,8,11). The predicted octanol–water partition coefficient (Wildman–Crippen LogP) is -1.82. The van der Waals surface area contributed by atoms with Crippen molar-refractivity contribution < 1.29 is 9.59 Å². The minimum atomic E-state index is -0.443. The zero-order valence-corrected chi connectivity index (χ0v) is 6.46. The molecule has 0 bridgehead atoms. The Morgan fingerprint density at radius 3 is 2.36 bits per heavy atom. The third-order valence-electron chi connectivity index (χ3n) is 1.24. The van der Waals surface area contributed by atoms with Crippen LogP contribution in [-0.4, -0.2) is 24.9 Å². The number of nitrogens with two attached hydrogens (primary N) is 2. The van der Waals surface area contributed by atoms with Crippen LogP contribution in [0, 0.1) is 5.92 Å². The summed E-state index contributed by atoms with van der Waals surface area (Å²) in [4.78, 5) is 20.6. The predicted molar refractivity (Wildman–Crippen MR) is 40.4 cm³/mol. The highest BCUT2D eigenvalue weighted by Crippen LogP contribution is 1.87. The Labute approximate surface area is 65.1 Å². The number of carbonyl (C=O) groups is 2. The number of nitrogens with one attached hydrogen (secondary N) is 1. The fourth-order valence-electron chi connectivity index (χ4n) is 0.512. The van der Waals surface area contributed by atoms with Crippen molar-refractivity contribution >= 4 is 11.8 Å². The molecule has 64 valence electrons. The quantitative estimate of drug-likeness (QED) is 0.440. The molecule has 5 nitrogen and oxygen atoms in total. The van der Waals surface area contributed by atoms with E-state index in [2.05, 4.69) is 5.32 Å². The third-order valence-corrected chi connectivity index (χ3v) is 1.24. The topological polar surface area (TPSA) is 98.2 Å². The van der Waals surface area contributed by atoms with E-state index >= 15 is 0 Å². The van der Waals surface area contributed by atoms with Crippen molar-refractivity contribution in [3.63, 3.8) is 0 Å².